The Morgan fingerprint density at radius 1 is 1.24 bits per heavy atom. The van der Waals surface area contributed by atoms with Crippen molar-refractivity contribution in [3.05, 3.63) is 60.3 Å². The summed E-state index contributed by atoms with van der Waals surface area (Å²) in [5, 5.41) is 3.47. The third kappa shape index (κ3) is 4.90. The number of rotatable bonds is 7. The van der Waals surface area contributed by atoms with Gasteiger partial charge in [-0.25, -0.2) is 0 Å². The quantitative estimate of drug-likeness (QED) is 0.695. The first-order valence-corrected chi connectivity index (χ1v) is 6.27. The molecule has 0 amide bonds. The van der Waals surface area contributed by atoms with E-state index in [4.69, 9.17) is 0 Å². The molecule has 1 rings (SSSR count). The summed E-state index contributed by atoms with van der Waals surface area (Å²) in [7, 11) is 0. The Hall–Kier alpha value is -1.50. The lowest BCUT2D eigenvalue weighted by atomic mass is 10.0. The van der Waals surface area contributed by atoms with Gasteiger partial charge in [-0.05, 0) is 25.3 Å². The third-order valence-corrected chi connectivity index (χ3v) is 2.81. The van der Waals surface area contributed by atoms with Crippen molar-refractivity contribution in [1.82, 2.24) is 5.32 Å². The zero-order valence-corrected chi connectivity index (χ0v) is 11.0. The zero-order chi connectivity index (χ0) is 12.7. The number of benzene rings is 1. The van der Waals surface area contributed by atoms with Crippen LogP contribution in [0.2, 0.25) is 0 Å². The molecule has 0 heterocycles. The monoisotopic (exact) mass is 229 g/mol. The molecule has 0 saturated heterocycles. The molecule has 92 valence electrons. The number of hydrogen-bond acceptors (Lipinski definition) is 1. The summed E-state index contributed by atoms with van der Waals surface area (Å²) in [6, 6.07) is 10.8. The number of allylic oxidation sites excluding steroid dienone is 1. The molecular weight excluding hydrogens is 206 g/mol. The van der Waals surface area contributed by atoms with Crippen LogP contribution >= 0.6 is 0 Å². The fourth-order valence-corrected chi connectivity index (χ4v) is 1.82. The SMILES string of the molecule is C=C(CCC)NC(Cc1ccccc1)C(=C)C. The average Bonchev–Trinajstić information content (AvgIpc) is 2.29. The van der Waals surface area contributed by atoms with Crippen molar-refractivity contribution in [2.75, 3.05) is 0 Å². The molecule has 1 heteroatoms. The van der Waals surface area contributed by atoms with E-state index in [0.717, 1.165) is 30.5 Å². The lowest BCUT2D eigenvalue weighted by Gasteiger charge is -2.21. The van der Waals surface area contributed by atoms with Gasteiger partial charge in [-0.3, -0.25) is 0 Å². The van der Waals surface area contributed by atoms with Gasteiger partial charge in [-0.15, -0.1) is 0 Å². The van der Waals surface area contributed by atoms with Crippen molar-refractivity contribution in [3.8, 4) is 0 Å². The van der Waals surface area contributed by atoms with Crippen molar-refractivity contribution in [2.45, 2.75) is 39.2 Å². The predicted octanol–water partition coefficient (Wildman–Crippen LogP) is 4.08. The van der Waals surface area contributed by atoms with E-state index >= 15 is 0 Å². The van der Waals surface area contributed by atoms with E-state index in [1.165, 1.54) is 5.56 Å². The second-order valence-electron chi connectivity index (χ2n) is 4.59. The Bertz CT molecular complexity index is 364. The molecule has 0 spiro atoms. The zero-order valence-electron chi connectivity index (χ0n) is 11.0. The fourth-order valence-electron chi connectivity index (χ4n) is 1.82. The van der Waals surface area contributed by atoms with Crippen molar-refractivity contribution in [3.63, 3.8) is 0 Å². The largest absolute Gasteiger partial charge is 0.382 e. The molecule has 0 saturated carbocycles. The molecule has 0 bridgehead atoms. The number of nitrogens with one attached hydrogen (secondary N) is 1. The lowest BCUT2D eigenvalue weighted by Crippen LogP contribution is -2.31. The summed E-state index contributed by atoms with van der Waals surface area (Å²) in [6.07, 6.45) is 3.12. The van der Waals surface area contributed by atoms with Crippen molar-refractivity contribution in [2.24, 2.45) is 0 Å². The topological polar surface area (TPSA) is 12.0 Å². The van der Waals surface area contributed by atoms with Crippen molar-refractivity contribution >= 4 is 0 Å². The van der Waals surface area contributed by atoms with Crippen LogP contribution in [0.5, 0.6) is 0 Å². The smallest absolute Gasteiger partial charge is 0.0505 e. The maximum atomic E-state index is 4.06. The maximum absolute atomic E-state index is 4.06. The summed E-state index contributed by atoms with van der Waals surface area (Å²) in [6.45, 7) is 12.4. The highest BCUT2D eigenvalue weighted by molar-refractivity contribution is 5.20. The molecule has 1 unspecified atom stereocenters. The summed E-state index contributed by atoms with van der Waals surface area (Å²) < 4.78 is 0. The standard InChI is InChI=1S/C16H23N/c1-5-9-14(4)17-16(13(2)3)12-15-10-7-6-8-11-15/h6-8,10-11,16-17H,2,4-5,9,12H2,1,3H3. The van der Waals surface area contributed by atoms with Gasteiger partial charge in [-0.2, -0.15) is 0 Å². The predicted molar refractivity (Wildman–Crippen MR) is 75.9 cm³/mol. The van der Waals surface area contributed by atoms with Crippen LogP contribution in [0.1, 0.15) is 32.3 Å². The van der Waals surface area contributed by atoms with Crippen LogP contribution in [0.3, 0.4) is 0 Å². The van der Waals surface area contributed by atoms with Crippen LogP contribution < -0.4 is 5.32 Å². The molecule has 1 aromatic carbocycles. The van der Waals surface area contributed by atoms with E-state index < -0.39 is 0 Å². The van der Waals surface area contributed by atoms with Gasteiger partial charge in [0.2, 0.25) is 0 Å². The van der Waals surface area contributed by atoms with Gasteiger partial charge in [0, 0.05) is 5.70 Å². The van der Waals surface area contributed by atoms with E-state index in [0.29, 0.717) is 0 Å². The molecule has 0 fully saturated rings. The van der Waals surface area contributed by atoms with Crippen LogP contribution in [-0.2, 0) is 6.42 Å². The molecule has 0 radical (unpaired) electrons. The second-order valence-corrected chi connectivity index (χ2v) is 4.59. The van der Waals surface area contributed by atoms with E-state index in [1.807, 2.05) is 6.07 Å². The van der Waals surface area contributed by atoms with E-state index in [-0.39, 0.29) is 6.04 Å². The second kappa shape index (κ2) is 6.95. The van der Waals surface area contributed by atoms with Crippen LogP contribution in [0, 0.1) is 0 Å². The van der Waals surface area contributed by atoms with Crippen LogP contribution in [0.4, 0.5) is 0 Å². The molecule has 0 aromatic heterocycles. The van der Waals surface area contributed by atoms with Gasteiger partial charge in [0.25, 0.3) is 0 Å². The van der Waals surface area contributed by atoms with Crippen LogP contribution in [0.15, 0.2) is 54.8 Å². The summed E-state index contributed by atoms with van der Waals surface area (Å²) in [5.41, 5.74) is 3.60. The highest BCUT2D eigenvalue weighted by atomic mass is 14.9. The minimum atomic E-state index is 0.288. The minimum Gasteiger partial charge on any atom is -0.382 e. The summed E-state index contributed by atoms with van der Waals surface area (Å²) in [5.74, 6) is 0. The Morgan fingerprint density at radius 2 is 1.88 bits per heavy atom. The number of hydrogen-bond donors (Lipinski definition) is 1. The first kappa shape index (κ1) is 13.6. The molecule has 1 atom stereocenters. The molecule has 1 nitrogen and oxygen atoms in total. The maximum Gasteiger partial charge on any atom is 0.0505 e. The summed E-state index contributed by atoms with van der Waals surface area (Å²) in [4.78, 5) is 0. The lowest BCUT2D eigenvalue weighted by molar-refractivity contribution is 0.613. The molecule has 1 N–H and O–H groups in total. The minimum absolute atomic E-state index is 0.288. The Kier molecular flexibility index (Phi) is 5.55. The highest BCUT2D eigenvalue weighted by Gasteiger charge is 2.10. The van der Waals surface area contributed by atoms with Gasteiger partial charge in [0.05, 0.1) is 6.04 Å². The van der Waals surface area contributed by atoms with Gasteiger partial charge in [-0.1, -0.05) is 62.4 Å². The Balaban J connectivity index is 2.61. The first-order valence-electron chi connectivity index (χ1n) is 6.27. The fraction of sp³-hybridized carbons (Fsp3) is 0.375. The van der Waals surface area contributed by atoms with Gasteiger partial charge >= 0.3 is 0 Å². The van der Waals surface area contributed by atoms with Gasteiger partial charge in [0.1, 0.15) is 0 Å². The molecule has 0 aliphatic rings. The van der Waals surface area contributed by atoms with Crippen LogP contribution in [-0.4, -0.2) is 6.04 Å². The molecule has 1 aromatic rings. The van der Waals surface area contributed by atoms with E-state index in [2.05, 4.69) is 56.6 Å². The van der Waals surface area contributed by atoms with Gasteiger partial charge in [0.15, 0.2) is 0 Å². The molecule has 0 aliphatic heterocycles. The first-order chi connectivity index (χ1) is 8.13. The third-order valence-electron chi connectivity index (χ3n) is 2.81. The summed E-state index contributed by atoms with van der Waals surface area (Å²) >= 11 is 0. The van der Waals surface area contributed by atoms with Crippen molar-refractivity contribution in [1.29, 1.82) is 0 Å². The Morgan fingerprint density at radius 3 is 2.41 bits per heavy atom. The Labute approximate surface area is 105 Å². The van der Waals surface area contributed by atoms with E-state index in [9.17, 15) is 0 Å². The van der Waals surface area contributed by atoms with Crippen molar-refractivity contribution < 1.29 is 0 Å². The molecule has 0 aliphatic carbocycles. The van der Waals surface area contributed by atoms with Crippen LogP contribution in [0.25, 0.3) is 0 Å². The highest BCUT2D eigenvalue weighted by Crippen LogP contribution is 2.11. The average molecular weight is 229 g/mol. The van der Waals surface area contributed by atoms with E-state index in [1.54, 1.807) is 0 Å². The molecule has 17 heavy (non-hydrogen) atoms. The molecular formula is C16H23N. The van der Waals surface area contributed by atoms with Gasteiger partial charge < -0.3 is 5.32 Å². The normalized spacial score (nSPS) is 11.9.